The van der Waals surface area contributed by atoms with Crippen LogP contribution in [0, 0.1) is 0 Å². The normalized spacial score (nSPS) is 14.0. The smallest absolute Gasteiger partial charge is 0.326 e. The van der Waals surface area contributed by atoms with Crippen LogP contribution in [0.5, 0.6) is 0 Å². The van der Waals surface area contributed by atoms with Gasteiger partial charge in [-0.15, -0.1) is 0 Å². The van der Waals surface area contributed by atoms with Crippen molar-refractivity contribution in [2.24, 2.45) is 28.7 Å². The first kappa shape index (κ1) is 64.3. The number of carbonyl (C=O) groups is 13. The molecule has 0 aliphatic rings. The van der Waals surface area contributed by atoms with Gasteiger partial charge in [-0.25, -0.2) is 4.79 Å². The number of primary amides is 3. The Kier molecular flexibility index (Phi) is 26.5. The molecule has 1 aromatic heterocycles. The predicted molar refractivity (Wildman–Crippen MR) is 280 cm³/mol. The van der Waals surface area contributed by atoms with Crippen molar-refractivity contribution < 1.29 is 72.5 Å². The monoisotopic (exact) mass is 1110 g/mol. The molecular formula is C50H70N14O15. The van der Waals surface area contributed by atoms with E-state index in [9.17, 15) is 72.5 Å². The van der Waals surface area contributed by atoms with Crippen LogP contribution in [0.2, 0.25) is 0 Å². The molecule has 29 heteroatoms. The second-order valence-electron chi connectivity index (χ2n) is 18.5. The van der Waals surface area contributed by atoms with E-state index in [2.05, 4.69) is 47.5 Å². The number of hydrogen-bond donors (Lipinski definition) is 16. The lowest BCUT2D eigenvalue weighted by Gasteiger charge is -2.27. The number of aromatic nitrogens is 1. The van der Waals surface area contributed by atoms with E-state index in [-0.39, 0.29) is 38.6 Å². The van der Waals surface area contributed by atoms with Crippen molar-refractivity contribution in [2.45, 2.75) is 132 Å². The average Bonchev–Trinajstić information content (AvgIpc) is 3.83. The number of carboxylic acids is 2. The molecule has 79 heavy (non-hydrogen) atoms. The number of hydrogen-bond acceptors (Lipinski definition) is 15. The summed E-state index contributed by atoms with van der Waals surface area (Å²) in [5.41, 5.74) is 29.1. The first-order valence-corrected chi connectivity index (χ1v) is 25.1. The van der Waals surface area contributed by atoms with Crippen LogP contribution in [0.4, 0.5) is 0 Å². The Bertz CT molecular complexity index is 2670. The van der Waals surface area contributed by atoms with E-state index in [0.29, 0.717) is 24.0 Å². The Hall–Kier alpha value is -8.99. The van der Waals surface area contributed by atoms with E-state index in [4.69, 9.17) is 28.7 Å². The van der Waals surface area contributed by atoms with Gasteiger partial charge in [0.25, 0.3) is 0 Å². The molecule has 8 atom stereocenters. The van der Waals surface area contributed by atoms with Crippen LogP contribution in [0.15, 0.2) is 60.8 Å². The van der Waals surface area contributed by atoms with Crippen LogP contribution in [0.1, 0.15) is 82.3 Å². The van der Waals surface area contributed by atoms with E-state index in [1.807, 2.05) is 0 Å². The standard InChI is InChI=1S/C50H70N14O15/c1-26(58-44(72)30(52)14-17-38(53)65)43(71)62-36(23-42(69)70)49(77)61-34(16-19-40(55)67)47(75)63-35(21-27-9-3-2-4-10-27)48(76)60-33(15-18-39(54)66)45(73)57-25-41(68)59-32(13-7-8-20-51)46(74)64-37(50(78)79)22-28-24-56-31-12-6-5-11-29(28)31/h2-6,9-12,24,26,30,32-37,56H,7-8,13-23,25,51-52H2,1H3,(H2,53,65)(H2,54,66)(H2,55,67)(H,57,73)(H,58,72)(H,59,68)(H,60,76)(H,61,77)(H,62,71)(H,63,75)(H,64,74)(H,69,70)(H,78,79)/t26-,30-,32-,33-,34-,35-,36-,37-/m0/s1. The average molecular weight is 1110 g/mol. The quantitative estimate of drug-likeness (QED) is 0.0243. The van der Waals surface area contributed by atoms with E-state index in [1.54, 1.807) is 60.8 Å². The molecule has 2 aromatic carbocycles. The summed E-state index contributed by atoms with van der Waals surface area (Å²) in [5, 5.41) is 39.3. The molecule has 11 amide bonds. The van der Waals surface area contributed by atoms with Gasteiger partial charge in [-0.1, -0.05) is 48.5 Å². The summed E-state index contributed by atoms with van der Waals surface area (Å²) in [5.74, 6) is -13.7. The summed E-state index contributed by atoms with van der Waals surface area (Å²) in [7, 11) is 0. The Labute approximate surface area is 452 Å². The lowest BCUT2D eigenvalue weighted by Crippen LogP contribution is -2.60. The Morgan fingerprint density at radius 2 is 1.04 bits per heavy atom. The number of amides is 11. The molecule has 1 heterocycles. The van der Waals surface area contributed by atoms with Gasteiger partial charge in [-0.3, -0.25) is 57.5 Å². The van der Waals surface area contributed by atoms with Crippen LogP contribution in [0.25, 0.3) is 10.9 Å². The lowest BCUT2D eigenvalue weighted by atomic mass is 10.0. The lowest BCUT2D eigenvalue weighted by molar-refractivity contribution is -0.142. The zero-order valence-electron chi connectivity index (χ0n) is 43.4. The highest BCUT2D eigenvalue weighted by Gasteiger charge is 2.34. The molecule has 21 N–H and O–H groups in total. The van der Waals surface area contributed by atoms with Crippen molar-refractivity contribution in [1.82, 2.24) is 47.5 Å². The van der Waals surface area contributed by atoms with Gasteiger partial charge < -0.3 is 86.4 Å². The number of carboxylic acid groups (broad SMARTS) is 2. The van der Waals surface area contributed by atoms with Crippen molar-refractivity contribution in [3.05, 3.63) is 71.9 Å². The predicted octanol–water partition coefficient (Wildman–Crippen LogP) is -4.71. The maximum atomic E-state index is 14.2. The topological polar surface area (TPSA) is 504 Å². The van der Waals surface area contributed by atoms with Gasteiger partial charge in [-0.05, 0) is 69.2 Å². The third-order valence-corrected chi connectivity index (χ3v) is 12.1. The summed E-state index contributed by atoms with van der Waals surface area (Å²) in [6.07, 6.45) is -1.39. The Balaban J connectivity index is 1.81. The third kappa shape index (κ3) is 23.0. The summed E-state index contributed by atoms with van der Waals surface area (Å²) in [6.45, 7) is 0.636. The van der Waals surface area contributed by atoms with Crippen LogP contribution in [0.3, 0.4) is 0 Å². The Morgan fingerprint density at radius 1 is 0.532 bits per heavy atom. The fourth-order valence-corrected chi connectivity index (χ4v) is 7.77. The number of aliphatic carboxylic acids is 2. The van der Waals surface area contributed by atoms with E-state index >= 15 is 0 Å². The molecule has 29 nitrogen and oxygen atoms in total. The molecule has 0 unspecified atom stereocenters. The largest absolute Gasteiger partial charge is 0.481 e. The number of rotatable bonds is 36. The number of para-hydroxylation sites is 1. The number of fused-ring (bicyclic) bond motifs is 1. The summed E-state index contributed by atoms with van der Waals surface area (Å²) < 4.78 is 0. The van der Waals surface area contributed by atoms with Gasteiger partial charge in [0.15, 0.2) is 0 Å². The zero-order chi connectivity index (χ0) is 58.8. The fourth-order valence-electron chi connectivity index (χ4n) is 7.77. The molecule has 0 spiro atoms. The third-order valence-electron chi connectivity index (χ3n) is 12.1. The molecular weight excluding hydrogens is 1040 g/mol. The van der Waals surface area contributed by atoms with Gasteiger partial charge in [0, 0.05) is 49.2 Å². The number of nitrogens with two attached hydrogens (primary N) is 5. The van der Waals surface area contributed by atoms with E-state index in [1.165, 1.54) is 6.92 Å². The minimum absolute atomic E-state index is 0.0271. The molecule has 0 saturated heterocycles. The SMILES string of the molecule is C[C@H](NC(=O)[C@@H](N)CCC(N)=O)C(=O)N[C@@H](CC(=O)O)C(=O)N[C@@H](CCC(N)=O)C(=O)N[C@@H](Cc1ccccc1)C(=O)N[C@@H](CCC(N)=O)C(=O)NCC(=O)N[C@@H](CCCCN)C(=O)N[C@@H](Cc1c[nH]c2ccccc12)C(=O)O. The fraction of sp³-hybridized carbons (Fsp3) is 0.460. The van der Waals surface area contributed by atoms with E-state index in [0.717, 1.165) is 10.9 Å². The molecule has 0 aliphatic carbocycles. The van der Waals surface area contributed by atoms with Crippen LogP contribution < -0.4 is 71.2 Å². The number of H-pyrrole nitrogens is 1. The molecule has 0 saturated carbocycles. The zero-order valence-corrected chi connectivity index (χ0v) is 43.4. The van der Waals surface area contributed by atoms with Gasteiger partial charge in [-0.2, -0.15) is 0 Å². The van der Waals surface area contributed by atoms with Gasteiger partial charge in [0.2, 0.25) is 65.0 Å². The summed E-state index contributed by atoms with van der Waals surface area (Å²) >= 11 is 0. The number of unbranched alkanes of at least 4 members (excludes halogenated alkanes) is 1. The van der Waals surface area contributed by atoms with Crippen molar-refractivity contribution in [1.29, 1.82) is 0 Å². The number of aromatic amines is 1. The number of nitrogens with one attached hydrogen (secondary N) is 9. The summed E-state index contributed by atoms with van der Waals surface area (Å²) in [4.78, 5) is 171. The highest BCUT2D eigenvalue weighted by Crippen LogP contribution is 2.19. The minimum atomic E-state index is -1.91. The second kappa shape index (κ2) is 32.6. The van der Waals surface area contributed by atoms with Gasteiger partial charge in [0.05, 0.1) is 19.0 Å². The Morgan fingerprint density at radius 3 is 1.62 bits per heavy atom. The highest BCUT2D eigenvalue weighted by molar-refractivity contribution is 5.99. The minimum Gasteiger partial charge on any atom is -0.481 e. The van der Waals surface area contributed by atoms with Crippen molar-refractivity contribution in [3.63, 3.8) is 0 Å². The van der Waals surface area contributed by atoms with Gasteiger partial charge in [0.1, 0.15) is 42.3 Å². The van der Waals surface area contributed by atoms with E-state index < -0.39 is 164 Å². The molecule has 0 bridgehead atoms. The molecule has 0 radical (unpaired) electrons. The van der Waals surface area contributed by atoms with Gasteiger partial charge >= 0.3 is 11.9 Å². The first-order chi connectivity index (χ1) is 37.4. The van der Waals surface area contributed by atoms with Crippen molar-refractivity contribution >= 4 is 87.8 Å². The summed E-state index contributed by atoms with van der Waals surface area (Å²) in [6, 6.07) is 2.95. The second-order valence-corrected chi connectivity index (χ2v) is 18.5. The molecule has 0 aliphatic heterocycles. The first-order valence-electron chi connectivity index (χ1n) is 25.1. The van der Waals surface area contributed by atoms with Crippen molar-refractivity contribution in [3.8, 4) is 0 Å². The van der Waals surface area contributed by atoms with Crippen LogP contribution in [-0.2, 0) is 75.2 Å². The van der Waals surface area contributed by atoms with Crippen molar-refractivity contribution in [2.75, 3.05) is 13.1 Å². The molecule has 430 valence electrons. The molecule has 3 aromatic rings. The van der Waals surface area contributed by atoms with Crippen LogP contribution >= 0.6 is 0 Å². The maximum Gasteiger partial charge on any atom is 0.326 e. The van der Waals surface area contributed by atoms with Crippen LogP contribution in [-0.4, -0.2) is 154 Å². The number of benzene rings is 2. The number of carbonyl (C=O) groups excluding carboxylic acids is 11. The highest BCUT2D eigenvalue weighted by atomic mass is 16.4. The molecule has 3 rings (SSSR count). The molecule has 0 fully saturated rings. The maximum absolute atomic E-state index is 14.2.